The van der Waals surface area contributed by atoms with Gasteiger partial charge < -0.3 is 15.3 Å². The van der Waals surface area contributed by atoms with Gasteiger partial charge in [-0.3, -0.25) is 14.9 Å². The molecule has 0 heterocycles. The van der Waals surface area contributed by atoms with Gasteiger partial charge in [0, 0.05) is 12.1 Å². The Hall–Kier alpha value is -2.97. The number of amidine groups is 1. The molecule has 0 spiro atoms. The fraction of sp³-hybridized carbons (Fsp3) is 0.357. The number of ether oxygens (including phenoxy) is 1. The van der Waals surface area contributed by atoms with Crippen LogP contribution in [0.2, 0.25) is 0 Å². The van der Waals surface area contributed by atoms with Gasteiger partial charge in [0.2, 0.25) is 0 Å². The van der Waals surface area contributed by atoms with Crippen LogP contribution in [-0.2, 0) is 14.4 Å². The highest BCUT2D eigenvalue weighted by molar-refractivity contribution is 5.91. The SMILES string of the molecule is CC(C)(C)C(=O)OC/C(N)=N/OC(=O)c1ccc([N+](=O)[O-])cc1. The van der Waals surface area contributed by atoms with Crippen LogP contribution in [0.3, 0.4) is 0 Å². The molecule has 0 aliphatic rings. The van der Waals surface area contributed by atoms with E-state index in [1.807, 2.05) is 0 Å². The Balaban J connectivity index is 2.57. The maximum Gasteiger partial charge on any atom is 0.365 e. The van der Waals surface area contributed by atoms with Crippen LogP contribution in [0.5, 0.6) is 0 Å². The number of rotatable bonds is 5. The third-order valence-corrected chi connectivity index (χ3v) is 2.52. The van der Waals surface area contributed by atoms with Crippen molar-refractivity contribution in [2.75, 3.05) is 6.61 Å². The third kappa shape index (κ3) is 5.73. The molecule has 0 bridgehead atoms. The molecule has 0 radical (unpaired) electrons. The number of nitrogens with two attached hydrogens (primary N) is 1. The van der Waals surface area contributed by atoms with Crippen LogP contribution in [-0.4, -0.2) is 29.3 Å². The zero-order valence-electron chi connectivity index (χ0n) is 12.9. The van der Waals surface area contributed by atoms with Gasteiger partial charge in [-0.15, -0.1) is 0 Å². The first-order chi connectivity index (χ1) is 10.6. The lowest BCUT2D eigenvalue weighted by molar-refractivity contribution is -0.384. The number of carbonyl (C=O) groups excluding carboxylic acids is 2. The number of esters is 1. The van der Waals surface area contributed by atoms with E-state index in [1.165, 1.54) is 12.1 Å². The van der Waals surface area contributed by atoms with E-state index < -0.39 is 22.3 Å². The van der Waals surface area contributed by atoms with Gasteiger partial charge in [-0.05, 0) is 32.9 Å². The number of oxime groups is 1. The molecule has 9 nitrogen and oxygen atoms in total. The summed E-state index contributed by atoms with van der Waals surface area (Å²) >= 11 is 0. The molecule has 9 heteroatoms. The zero-order valence-corrected chi connectivity index (χ0v) is 12.9. The average Bonchev–Trinajstić information content (AvgIpc) is 2.49. The Morgan fingerprint density at radius 1 is 1.26 bits per heavy atom. The van der Waals surface area contributed by atoms with Crippen molar-refractivity contribution < 1.29 is 24.1 Å². The summed E-state index contributed by atoms with van der Waals surface area (Å²) in [6.07, 6.45) is 0. The van der Waals surface area contributed by atoms with Crippen molar-refractivity contribution in [3.63, 3.8) is 0 Å². The van der Waals surface area contributed by atoms with E-state index in [1.54, 1.807) is 20.8 Å². The molecule has 0 amide bonds. The highest BCUT2D eigenvalue weighted by Crippen LogP contribution is 2.15. The number of nitro benzene ring substituents is 1. The van der Waals surface area contributed by atoms with E-state index in [0.717, 1.165) is 12.1 Å². The first-order valence-corrected chi connectivity index (χ1v) is 6.56. The minimum Gasteiger partial charge on any atom is -0.457 e. The predicted octanol–water partition coefficient (Wildman–Crippen LogP) is 1.61. The molecule has 0 aliphatic heterocycles. The number of hydrogen-bond acceptors (Lipinski definition) is 7. The monoisotopic (exact) mass is 323 g/mol. The zero-order chi connectivity index (χ0) is 17.6. The molecule has 0 aromatic heterocycles. The lowest BCUT2D eigenvalue weighted by atomic mass is 9.97. The van der Waals surface area contributed by atoms with Gasteiger partial charge in [-0.25, -0.2) is 4.79 Å². The van der Waals surface area contributed by atoms with Crippen molar-refractivity contribution in [1.82, 2.24) is 0 Å². The largest absolute Gasteiger partial charge is 0.457 e. The van der Waals surface area contributed by atoms with Gasteiger partial charge in [0.05, 0.1) is 15.9 Å². The minimum absolute atomic E-state index is 0.0684. The van der Waals surface area contributed by atoms with Crippen molar-refractivity contribution in [2.45, 2.75) is 20.8 Å². The molecular formula is C14H17N3O6. The lowest BCUT2D eigenvalue weighted by Gasteiger charge is -2.15. The number of benzene rings is 1. The number of nitro groups is 1. The summed E-state index contributed by atoms with van der Waals surface area (Å²) < 4.78 is 4.89. The summed E-state index contributed by atoms with van der Waals surface area (Å²) in [6, 6.07) is 4.78. The molecule has 0 aliphatic carbocycles. The van der Waals surface area contributed by atoms with Crippen LogP contribution in [0.15, 0.2) is 29.4 Å². The smallest absolute Gasteiger partial charge is 0.365 e. The van der Waals surface area contributed by atoms with Crippen LogP contribution in [0.4, 0.5) is 5.69 Å². The molecule has 1 rings (SSSR count). The molecule has 1 aromatic carbocycles. The number of nitrogens with zero attached hydrogens (tertiary/aromatic N) is 2. The van der Waals surface area contributed by atoms with Gasteiger partial charge in [0.25, 0.3) is 5.69 Å². The number of carbonyl (C=O) groups is 2. The standard InChI is InChI=1S/C14H17N3O6/c1-14(2,3)13(19)22-8-11(15)16-23-12(18)9-4-6-10(7-5-9)17(20)21/h4-7H,8H2,1-3H3,(H2,15,16). The predicted molar refractivity (Wildman–Crippen MR) is 80.5 cm³/mol. The molecule has 0 saturated heterocycles. The summed E-state index contributed by atoms with van der Waals surface area (Å²) in [5, 5.41) is 13.8. The van der Waals surface area contributed by atoms with E-state index in [2.05, 4.69) is 9.99 Å². The van der Waals surface area contributed by atoms with Crippen LogP contribution in [0, 0.1) is 15.5 Å². The van der Waals surface area contributed by atoms with Crippen LogP contribution in [0.25, 0.3) is 0 Å². The lowest BCUT2D eigenvalue weighted by Crippen LogP contribution is -2.28. The molecule has 2 N–H and O–H groups in total. The summed E-state index contributed by atoms with van der Waals surface area (Å²) in [6.45, 7) is 4.72. The first kappa shape index (κ1) is 18.1. The Morgan fingerprint density at radius 2 is 1.83 bits per heavy atom. The van der Waals surface area contributed by atoms with Crippen molar-refractivity contribution in [3.8, 4) is 0 Å². The fourth-order valence-corrected chi connectivity index (χ4v) is 1.25. The Bertz CT molecular complexity index is 631. The second kappa shape index (κ2) is 7.34. The molecule has 0 fully saturated rings. The van der Waals surface area contributed by atoms with Gasteiger partial charge in [0.1, 0.15) is 0 Å². The van der Waals surface area contributed by atoms with Crippen molar-refractivity contribution >= 4 is 23.5 Å². The van der Waals surface area contributed by atoms with E-state index in [9.17, 15) is 19.7 Å². The minimum atomic E-state index is -0.843. The molecular weight excluding hydrogens is 306 g/mol. The molecule has 0 unspecified atom stereocenters. The normalized spacial score (nSPS) is 11.7. The van der Waals surface area contributed by atoms with Crippen molar-refractivity contribution in [1.29, 1.82) is 0 Å². The fourth-order valence-electron chi connectivity index (χ4n) is 1.25. The van der Waals surface area contributed by atoms with Gasteiger partial charge in [-0.1, -0.05) is 5.16 Å². The average molecular weight is 323 g/mol. The molecule has 23 heavy (non-hydrogen) atoms. The third-order valence-electron chi connectivity index (χ3n) is 2.52. The van der Waals surface area contributed by atoms with E-state index in [0.29, 0.717) is 0 Å². The van der Waals surface area contributed by atoms with Gasteiger partial charge >= 0.3 is 11.9 Å². The highest BCUT2D eigenvalue weighted by atomic mass is 16.7. The molecule has 0 atom stereocenters. The second-order valence-electron chi connectivity index (χ2n) is 5.59. The molecule has 124 valence electrons. The molecule has 1 aromatic rings. The Morgan fingerprint density at radius 3 is 2.30 bits per heavy atom. The van der Waals surface area contributed by atoms with Crippen molar-refractivity contribution in [2.24, 2.45) is 16.3 Å². The van der Waals surface area contributed by atoms with E-state index in [-0.39, 0.29) is 23.7 Å². The Kier molecular flexibility index (Phi) is 5.77. The number of non-ortho nitro benzene ring substituents is 1. The van der Waals surface area contributed by atoms with Crippen LogP contribution < -0.4 is 5.73 Å². The quantitative estimate of drug-likeness (QED) is 0.217. The highest BCUT2D eigenvalue weighted by Gasteiger charge is 2.23. The van der Waals surface area contributed by atoms with Crippen LogP contribution >= 0.6 is 0 Å². The van der Waals surface area contributed by atoms with E-state index >= 15 is 0 Å². The second-order valence-corrected chi connectivity index (χ2v) is 5.59. The summed E-state index contributed by atoms with van der Waals surface area (Å²) in [7, 11) is 0. The Labute approximate surface area is 132 Å². The van der Waals surface area contributed by atoms with Crippen molar-refractivity contribution in [3.05, 3.63) is 39.9 Å². The maximum absolute atomic E-state index is 11.7. The number of hydrogen-bond donors (Lipinski definition) is 1. The molecule has 0 saturated carbocycles. The summed E-state index contributed by atoms with van der Waals surface area (Å²) in [4.78, 5) is 37.7. The van der Waals surface area contributed by atoms with Crippen LogP contribution in [0.1, 0.15) is 31.1 Å². The summed E-state index contributed by atoms with van der Waals surface area (Å²) in [5.74, 6) is -1.51. The topological polar surface area (TPSA) is 134 Å². The maximum atomic E-state index is 11.7. The summed E-state index contributed by atoms with van der Waals surface area (Å²) in [5.41, 5.74) is 4.69. The first-order valence-electron chi connectivity index (χ1n) is 6.56. The van der Waals surface area contributed by atoms with Gasteiger partial charge in [-0.2, -0.15) is 0 Å². The van der Waals surface area contributed by atoms with E-state index in [4.69, 9.17) is 10.5 Å². The van der Waals surface area contributed by atoms with Gasteiger partial charge in [0.15, 0.2) is 12.4 Å².